The standard InChI is InChI=1S/C25H40O7/c1-24-9-7-14(31-23-22(30)21(29)20(28)18(12-26)32-23)11-13(24)3-4-15-16-5-6-19(27)25(16,2)10-8-17(15)24/h13-18,20-23,26,28-30H,3-12H2,1-2H3/t13?,14-,15+,16+,17+,18-,20+,21+,22-,23-,24+,25+/m1/s1. The Bertz CT molecular complexity index is 727. The second kappa shape index (κ2) is 8.28. The zero-order chi connectivity index (χ0) is 22.8. The van der Waals surface area contributed by atoms with Crippen LogP contribution >= 0.6 is 0 Å². The van der Waals surface area contributed by atoms with Gasteiger partial charge in [0, 0.05) is 11.8 Å². The Balaban J connectivity index is 1.26. The molecule has 1 aliphatic heterocycles. The second-order valence-electron chi connectivity index (χ2n) is 11.8. The highest BCUT2D eigenvalue weighted by molar-refractivity contribution is 5.87. The maximum absolute atomic E-state index is 12.6. The van der Waals surface area contributed by atoms with Gasteiger partial charge < -0.3 is 29.9 Å². The number of Topliss-reactive ketones (excluding diaryl/α,β-unsaturated/α-hetero) is 1. The Kier molecular flexibility index (Phi) is 6.00. The molecular weight excluding hydrogens is 412 g/mol. The van der Waals surface area contributed by atoms with Gasteiger partial charge in [0.2, 0.25) is 0 Å². The normalized spacial score (nSPS) is 55.8. The first kappa shape index (κ1) is 23.2. The molecule has 0 amide bonds. The quantitative estimate of drug-likeness (QED) is 0.482. The molecule has 5 fully saturated rings. The molecule has 0 aromatic rings. The molecule has 32 heavy (non-hydrogen) atoms. The van der Waals surface area contributed by atoms with Gasteiger partial charge in [-0.05, 0) is 80.5 Å². The average Bonchev–Trinajstić information content (AvgIpc) is 3.09. The minimum absolute atomic E-state index is 0.0759. The highest BCUT2D eigenvalue weighted by Crippen LogP contribution is 2.65. The fourth-order valence-electron chi connectivity index (χ4n) is 8.48. The molecule has 4 N–H and O–H groups in total. The summed E-state index contributed by atoms with van der Waals surface area (Å²) in [5.41, 5.74) is 0.166. The molecular formula is C25H40O7. The molecule has 7 nitrogen and oxygen atoms in total. The Labute approximate surface area is 190 Å². The van der Waals surface area contributed by atoms with Crippen molar-refractivity contribution in [2.75, 3.05) is 6.61 Å². The van der Waals surface area contributed by atoms with Gasteiger partial charge in [0.05, 0.1) is 12.7 Å². The van der Waals surface area contributed by atoms with E-state index in [0.29, 0.717) is 29.5 Å². The van der Waals surface area contributed by atoms with E-state index in [9.17, 15) is 25.2 Å². The largest absolute Gasteiger partial charge is 0.394 e. The van der Waals surface area contributed by atoms with E-state index in [1.165, 1.54) is 6.42 Å². The molecule has 0 radical (unpaired) electrons. The van der Waals surface area contributed by atoms with Crippen LogP contribution in [0.3, 0.4) is 0 Å². The Morgan fingerprint density at radius 1 is 0.969 bits per heavy atom. The van der Waals surface area contributed by atoms with Crippen LogP contribution in [0.15, 0.2) is 0 Å². The summed E-state index contributed by atoms with van der Waals surface area (Å²) in [6.07, 6.45) is 3.00. The first-order valence-electron chi connectivity index (χ1n) is 12.7. The van der Waals surface area contributed by atoms with E-state index in [1.54, 1.807) is 0 Å². The van der Waals surface area contributed by atoms with Gasteiger partial charge >= 0.3 is 0 Å². The van der Waals surface area contributed by atoms with Crippen molar-refractivity contribution >= 4 is 5.78 Å². The average molecular weight is 453 g/mol. The van der Waals surface area contributed by atoms with Crippen molar-refractivity contribution in [1.29, 1.82) is 0 Å². The molecule has 0 aromatic heterocycles. The predicted molar refractivity (Wildman–Crippen MR) is 115 cm³/mol. The van der Waals surface area contributed by atoms with Crippen LogP contribution in [0, 0.1) is 34.5 Å². The highest BCUT2D eigenvalue weighted by Gasteiger charge is 2.60. The van der Waals surface area contributed by atoms with Crippen LogP contribution in [0.2, 0.25) is 0 Å². The molecule has 1 heterocycles. The Morgan fingerprint density at radius 2 is 1.75 bits per heavy atom. The summed E-state index contributed by atoms with van der Waals surface area (Å²) >= 11 is 0. The maximum atomic E-state index is 12.6. The highest BCUT2D eigenvalue weighted by atomic mass is 16.7. The third-order valence-corrected chi connectivity index (χ3v) is 10.5. The minimum Gasteiger partial charge on any atom is -0.394 e. The van der Waals surface area contributed by atoms with Crippen LogP contribution in [0.1, 0.15) is 71.6 Å². The number of aliphatic hydroxyl groups is 4. The summed E-state index contributed by atoms with van der Waals surface area (Å²) in [6, 6.07) is 0. The SMILES string of the molecule is C[C@]12CC[C@@H](O[C@@H]3O[C@H](CO)[C@H](O)[C@H](O)[C@H]3O)CC1CC[C@@H]1[C@@H]2CC[C@]2(C)C(=O)CC[C@@H]12. The van der Waals surface area contributed by atoms with Crippen molar-refractivity contribution < 1.29 is 34.7 Å². The zero-order valence-electron chi connectivity index (χ0n) is 19.4. The van der Waals surface area contributed by atoms with Gasteiger partial charge in [-0.1, -0.05) is 13.8 Å². The molecule has 1 unspecified atom stereocenters. The van der Waals surface area contributed by atoms with Gasteiger partial charge in [0.25, 0.3) is 0 Å². The van der Waals surface area contributed by atoms with Crippen LogP contribution in [0.5, 0.6) is 0 Å². The first-order chi connectivity index (χ1) is 15.2. The number of carbonyl (C=O) groups excluding carboxylic acids is 1. The minimum atomic E-state index is -1.40. The van der Waals surface area contributed by atoms with Crippen LogP contribution < -0.4 is 0 Å². The van der Waals surface area contributed by atoms with Crippen molar-refractivity contribution in [2.45, 2.75) is 108 Å². The van der Waals surface area contributed by atoms with Gasteiger partial charge in [-0.25, -0.2) is 0 Å². The van der Waals surface area contributed by atoms with Crippen molar-refractivity contribution in [3.05, 3.63) is 0 Å². The first-order valence-corrected chi connectivity index (χ1v) is 12.7. The lowest BCUT2D eigenvalue weighted by molar-refractivity contribution is -0.316. The third-order valence-electron chi connectivity index (χ3n) is 10.5. The summed E-state index contributed by atoms with van der Waals surface area (Å²) in [7, 11) is 0. The number of ether oxygens (including phenoxy) is 2. The number of aliphatic hydroxyl groups excluding tert-OH is 4. The van der Waals surface area contributed by atoms with Gasteiger partial charge in [0.15, 0.2) is 6.29 Å². The fraction of sp³-hybridized carbons (Fsp3) is 0.960. The van der Waals surface area contributed by atoms with E-state index in [1.807, 2.05) is 0 Å². The second-order valence-corrected chi connectivity index (χ2v) is 11.8. The van der Waals surface area contributed by atoms with Gasteiger partial charge in [-0.2, -0.15) is 0 Å². The topological polar surface area (TPSA) is 116 Å². The molecule has 0 bridgehead atoms. The Morgan fingerprint density at radius 3 is 2.50 bits per heavy atom. The Hall–Kier alpha value is -0.570. The van der Waals surface area contributed by atoms with E-state index in [4.69, 9.17) is 9.47 Å². The number of hydrogen-bond acceptors (Lipinski definition) is 7. The smallest absolute Gasteiger partial charge is 0.186 e. The summed E-state index contributed by atoms with van der Waals surface area (Å²) in [5, 5.41) is 39.9. The summed E-state index contributed by atoms with van der Waals surface area (Å²) in [4.78, 5) is 12.6. The molecule has 4 saturated carbocycles. The lowest BCUT2D eigenvalue weighted by atomic mass is 9.45. The molecule has 0 aromatic carbocycles. The number of rotatable bonds is 3. The van der Waals surface area contributed by atoms with Crippen molar-refractivity contribution in [3.63, 3.8) is 0 Å². The van der Waals surface area contributed by atoms with Gasteiger partial charge in [-0.15, -0.1) is 0 Å². The zero-order valence-corrected chi connectivity index (χ0v) is 19.4. The van der Waals surface area contributed by atoms with Crippen molar-refractivity contribution in [2.24, 2.45) is 34.5 Å². The number of ketones is 1. The monoisotopic (exact) mass is 452 g/mol. The number of fused-ring (bicyclic) bond motifs is 5. The number of hydrogen-bond donors (Lipinski definition) is 4. The summed E-state index contributed by atoms with van der Waals surface area (Å²) < 4.78 is 11.7. The lowest BCUT2D eigenvalue weighted by Gasteiger charge is -2.60. The van der Waals surface area contributed by atoms with Crippen LogP contribution in [0.25, 0.3) is 0 Å². The number of carbonyl (C=O) groups is 1. The fourth-order valence-corrected chi connectivity index (χ4v) is 8.48. The maximum Gasteiger partial charge on any atom is 0.186 e. The summed E-state index contributed by atoms with van der Waals surface area (Å²) in [5.74, 6) is 2.90. The van der Waals surface area contributed by atoms with Crippen LogP contribution in [-0.2, 0) is 14.3 Å². The van der Waals surface area contributed by atoms with Crippen LogP contribution in [-0.4, -0.2) is 69.6 Å². The summed E-state index contributed by atoms with van der Waals surface area (Å²) in [6.45, 7) is 4.24. The van der Waals surface area contributed by atoms with Crippen molar-refractivity contribution in [3.8, 4) is 0 Å². The van der Waals surface area contributed by atoms with E-state index in [2.05, 4.69) is 13.8 Å². The van der Waals surface area contributed by atoms with Crippen molar-refractivity contribution in [1.82, 2.24) is 0 Å². The van der Waals surface area contributed by atoms with Gasteiger partial charge in [0.1, 0.15) is 30.2 Å². The molecule has 5 rings (SSSR count). The third kappa shape index (κ3) is 3.42. The van der Waals surface area contributed by atoms with E-state index < -0.39 is 37.3 Å². The molecule has 1 saturated heterocycles. The molecule has 12 atom stereocenters. The lowest BCUT2D eigenvalue weighted by Crippen LogP contribution is -2.60. The molecule has 0 spiro atoms. The van der Waals surface area contributed by atoms with Gasteiger partial charge in [-0.3, -0.25) is 4.79 Å². The van der Waals surface area contributed by atoms with E-state index in [-0.39, 0.29) is 16.9 Å². The van der Waals surface area contributed by atoms with Crippen LogP contribution in [0.4, 0.5) is 0 Å². The predicted octanol–water partition coefficient (Wildman–Crippen LogP) is 1.78. The molecule has 4 aliphatic carbocycles. The van der Waals surface area contributed by atoms with E-state index in [0.717, 1.165) is 51.4 Å². The van der Waals surface area contributed by atoms with E-state index >= 15 is 0 Å². The molecule has 182 valence electrons. The molecule has 5 aliphatic rings. The molecule has 7 heteroatoms.